The lowest BCUT2D eigenvalue weighted by Crippen LogP contribution is -2.37. The highest BCUT2D eigenvalue weighted by Crippen LogP contribution is 2.20. The molecule has 17 heavy (non-hydrogen) atoms. The molecule has 0 radical (unpaired) electrons. The standard InChI is InChI=1S/C12H17FN2O2/c1-4-12(2,3)14-8-9-7-10(13)5-6-11(9)15(16)17/h5-7,14H,4,8H2,1-3H3. The topological polar surface area (TPSA) is 55.2 Å². The molecule has 0 aliphatic rings. The Balaban J connectivity index is 2.89. The first-order chi connectivity index (χ1) is 7.85. The number of hydrogen-bond donors (Lipinski definition) is 1. The van der Waals surface area contributed by atoms with Crippen LogP contribution in [0.5, 0.6) is 0 Å². The van der Waals surface area contributed by atoms with Crippen molar-refractivity contribution in [2.45, 2.75) is 39.3 Å². The van der Waals surface area contributed by atoms with Gasteiger partial charge in [0.25, 0.3) is 5.69 Å². The second-order valence-corrected chi connectivity index (χ2v) is 4.62. The van der Waals surface area contributed by atoms with Crippen molar-refractivity contribution in [3.05, 3.63) is 39.7 Å². The molecule has 0 amide bonds. The predicted molar refractivity (Wildman–Crippen MR) is 64.3 cm³/mol. The van der Waals surface area contributed by atoms with Gasteiger partial charge in [-0.1, -0.05) is 6.92 Å². The number of benzene rings is 1. The summed E-state index contributed by atoms with van der Waals surface area (Å²) in [5.41, 5.74) is 0.197. The maximum atomic E-state index is 13.1. The van der Waals surface area contributed by atoms with E-state index in [1.54, 1.807) is 0 Å². The normalized spacial score (nSPS) is 11.5. The van der Waals surface area contributed by atoms with Gasteiger partial charge in [-0.2, -0.15) is 0 Å². The van der Waals surface area contributed by atoms with Crippen molar-refractivity contribution in [3.63, 3.8) is 0 Å². The summed E-state index contributed by atoms with van der Waals surface area (Å²) < 4.78 is 13.1. The Bertz CT molecular complexity index is 419. The molecule has 0 aromatic heterocycles. The number of hydrogen-bond acceptors (Lipinski definition) is 3. The van der Waals surface area contributed by atoms with Gasteiger partial charge in [0.2, 0.25) is 0 Å². The zero-order valence-electron chi connectivity index (χ0n) is 10.3. The highest BCUT2D eigenvalue weighted by Gasteiger charge is 2.18. The Hall–Kier alpha value is -1.49. The van der Waals surface area contributed by atoms with Gasteiger partial charge in [0, 0.05) is 23.7 Å². The van der Waals surface area contributed by atoms with E-state index in [9.17, 15) is 14.5 Å². The summed E-state index contributed by atoms with van der Waals surface area (Å²) in [7, 11) is 0. The van der Waals surface area contributed by atoms with E-state index >= 15 is 0 Å². The molecule has 94 valence electrons. The Kier molecular flexibility index (Phi) is 4.17. The number of nitro groups is 1. The van der Waals surface area contributed by atoms with Crippen molar-refractivity contribution in [2.75, 3.05) is 0 Å². The predicted octanol–water partition coefficient (Wildman–Crippen LogP) is 3.01. The lowest BCUT2D eigenvalue weighted by molar-refractivity contribution is -0.385. The molecule has 0 spiro atoms. The highest BCUT2D eigenvalue weighted by atomic mass is 19.1. The van der Waals surface area contributed by atoms with Crippen molar-refractivity contribution in [1.82, 2.24) is 5.32 Å². The Morgan fingerprint density at radius 1 is 1.47 bits per heavy atom. The smallest absolute Gasteiger partial charge is 0.274 e. The quantitative estimate of drug-likeness (QED) is 0.635. The lowest BCUT2D eigenvalue weighted by Gasteiger charge is -2.24. The van der Waals surface area contributed by atoms with Gasteiger partial charge in [0.1, 0.15) is 5.82 Å². The largest absolute Gasteiger partial charge is 0.307 e. The van der Waals surface area contributed by atoms with Gasteiger partial charge in [-0.25, -0.2) is 4.39 Å². The van der Waals surface area contributed by atoms with Crippen molar-refractivity contribution in [2.24, 2.45) is 0 Å². The van der Waals surface area contributed by atoms with Crippen molar-refractivity contribution < 1.29 is 9.31 Å². The minimum absolute atomic E-state index is 0.0502. The summed E-state index contributed by atoms with van der Waals surface area (Å²) in [6, 6.07) is 3.51. The number of nitro benzene ring substituents is 1. The SMILES string of the molecule is CCC(C)(C)NCc1cc(F)ccc1[N+](=O)[O-]. The molecule has 0 fully saturated rings. The summed E-state index contributed by atoms with van der Waals surface area (Å²) in [4.78, 5) is 10.3. The maximum Gasteiger partial charge on any atom is 0.274 e. The lowest BCUT2D eigenvalue weighted by atomic mass is 10.0. The molecule has 1 rings (SSSR count). The first-order valence-corrected chi connectivity index (χ1v) is 5.53. The summed E-state index contributed by atoms with van der Waals surface area (Å²) in [5.74, 6) is -0.457. The molecular weight excluding hydrogens is 223 g/mol. The molecule has 5 heteroatoms. The number of rotatable bonds is 5. The van der Waals surface area contributed by atoms with E-state index in [2.05, 4.69) is 5.32 Å². The molecule has 1 aromatic carbocycles. The van der Waals surface area contributed by atoms with Crippen LogP contribution in [0.25, 0.3) is 0 Å². The van der Waals surface area contributed by atoms with Crippen LogP contribution < -0.4 is 5.32 Å². The van der Waals surface area contributed by atoms with E-state index in [1.165, 1.54) is 12.1 Å². The summed E-state index contributed by atoms with van der Waals surface area (Å²) >= 11 is 0. The summed E-state index contributed by atoms with van der Waals surface area (Å²) in [6.45, 7) is 6.30. The Morgan fingerprint density at radius 3 is 2.65 bits per heavy atom. The molecule has 0 heterocycles. The first kappa shape index (κ1) is 13.6. The van der Waals surface area contributed by atoms with Crippen LogP contribution >= 0.6 is 0 Å². The summed E-state index contributed by atoms with van der Waals surface area (Å²) in [5, 5.41) is 14.0. The van der Waals surface area contributed by atoms with Gasteiger partial charge in [0.05, 0.1) is 4.92 Å². The third-order valence-electron chi connectivity index (χ3n) is 2.88. The Labute approximate surface area is 100.0 Å². The van der Waals surface area contributed by atoms with Crippen molar-refractivity contribution in [3.8, 4) is 0 Å². The molecule has 0 atom stereocenters. The minimum Gasteiger partial charge on any atom is -0.307 e. The van der Waals surface area contributed by atoms with Gasteiger partial charge >= 0.3 is 0 Å². The van der Waals surface area contributed by atoms with E-state index in [0.29, 0.717) is 5.56 Å². The highest BCUT2D eigenvalue weighted by molar-refractivity contribution is 5.40. The van der Waals surface area contributed by atoms with Crippen LogP contribution in [0.15, 0.2) is 18.2 Å². The van der Waals surface area contributed by atoms with Crippen LogP contribution in [-0.2, 0) is 6.54 Å². The molecule has 0 saturated carbocycles. The molecule has 0 bridgehead atoms. The molecule has 0 aliphatic heterocycles. The number of halogens is 1. The molecule has 0 aliphatic carbocycles. The van der Waals surface area contributed by atoms with Crippen molar-refractivity contribution >= 4 is 5.69 Å². The average molecular weight is 240 g/mol. The van der Waals surface area contributed by atoms with Crippen LogP contribution in [0.1, 0.15) is 32.8 Å². The molecule has 1 aromatic rings. The van der Waals surface area contributed by atoms with E-state index in [0.717, 1.165) is 12.5 Å². The molecule has 0 unspecified atom stereocenters. The third-order valence-corrected chi connectivity index (χ3v) is 2.88. The van der Waals surface area contributed by atoms with Gasteiger partial charge in [0.15, 0.2) is 0 Å². The molecule has 4 nitrogen and oxygen atoms in total. The maximum absolute atomic E-state index is 13.1. The first-order valence-electron chi connectivity index (χ1n) is 5.53. The van der Waals surface area contributed by atoms with Gasteiger partial charge in [-0.05, 0) is 32.4 Å². The van der Waals surface area contributed by atoms with Crippen LogP contribution in [0.3, 0.4) is 0 Å². The van der Waals surface area contributed by atoms with E-state index in [1.807, 2.05) is 20.8 Å². The van der Waals surface area contributed by atoms with Gasteiger partial charge in [-0.15, -0.1) is 0 Å². The number of nitrogens with zero attached hydrogens (tertiary/aromatic N) is 1. The zero-order chi connectivity index (χ0) is 13.1. The van der Waals surface area contributed by atoms with E-state index in [-0.39, 0.29) is 17.8 Å². The molecule has 0 saturated heterocycles. The van der Waals surface area contributed by atoms with Gasteiger partial charge in [-0.3, -0.25) is 10.1 Å². The fraction of sp³-hybridized carbons (Fsp3) is 0.500. The van der Waals surface area contributed by atoms with Crippen LogP contribution in [0.4, 0.5) is 10.1 Å². The van der Waals surface area contributed by atoms with Crippen LogP contribution in [-0.4, -0.2) is 10.5 Å². The number of nitrogens with one attached hydrogen (secondary N) is 1. The van der Waals surface area contributed by atoms with Crippen LogP contribution in [0.2, 0.25) is 0 Å². The second kappa shape index (κ2) is 5.23. The van der Waals surface area contributed by atoms with Crippen molar-refractivity contribution in [1.29, 1.82) is 0 Å². The summed E-state index contributed by atoms with van der Waals surface area (Å²) in [6.07, 6.45) is 0.885. The van der Waals surface area contributed by atoms with Gasteiger partial charge < -0.3 is 5.32 Å². The van der Waals surface area contributed by atoms with E-state index < -0.39 is 10.7 Å². The molecule has 1 N–H and O–H groups in total. The monoisotopic (exact) mass is 240 g/mol. The zero-order valence-corrected chi connectivity index (χ0v) is 10.3. The van der Waals surface area contributed by atoms with Crippen LogP contribution in [0, 0.1) is 15.9 Å². The minimum atomic E-state index is -0.491. The second-order valence-electron chi connectivity index (χ2n) is 4.62. The third kappa shape index (κ3) is 3.78. The Morgan fingerprint density at radius 2 is 2.12 bits per heavy atom. The fourth-order valence-corrected chi connectivity index (χ4v) is 1.33. The van der Waals surface area contributed by atoms with E-state index in [4.69, 9.17) is 0 Å². The average Bonchev–Trinajstić information content (AvgIpc) is 2.26. The fourth-order valence-electron chi connectivity index (χ4n) is 1.33. The molecular formula is C12H17FN2O2.